The minimum Gasteiger partial charge on any atom is -0.486 e. The molecular weight excluding hydrogens is 334 g/mol. The van der Waals surface area contributed by atoms with Crippen molar-refractivity contribution in [3.8, 4) is 11.5 Å². The highest BCUT2D eigenvalue weighted by molar-refractivity contribution is 5.92. The van der Waals surface area contributed by atoms with Gasteiger partial charge in [0.15, 0.2) is 11.5 Å². The Morgan fingerprint density at radius 2 is 1.96 bits per heavy atom. The van der Waals surface area contributed by atoms with Gasteiger partial charge in [0, 0.05) is 19.3 Å². The van der Waals surface area contributed by atoms with Gasteiger partial charge >= 0.3 is 0 Å². The van der Waals surface area contributed by atoms with Gasteiger partial charge in [0.2, 0.25) is 0 Å². The SMILES string of the molecule is O=C(c1cncc(CCC2COc3ccccc3O2)n1)N1CCOCC1. The summed E-state index contributed by atoms with van der Waals surface area (Å²) in [6.07, 6.45) is 4.61. The van der Waals surface area contributed by atoms with Crippen LogP contribution in [-0.4, -0.2) is 59.8 Å². The maximum Gasteiger partial charge on any atom is 0.274 e. The first kappa shape index (κ1) is 16.8. The normalized spacial score (nSPS) is 19.2. The molecule has 2 aliphatic rings. The molecule has 0 spiro atoms. The number of hydrogen-bond acceptors (Lipinski definition) is 6. The van der Waals surface area contributed by atoms with Crippen molar-refractivity contribution < 1.29 is 19.0 Å². The zero-order chi connectivity index (χ0) is 17.8. The van der Waals surface area contributed by atoms with Gasteiger partial charge in [0.25, 0.3) is 5.91 Å². The molecule has 0 N–H and O–H groups in total. The second kappa shape index (κ2) is 7.70. The van der Waals surface area contributed by atoms with Gasteiger partial charge in [-0.25, -0.2) is 4.98 Å². The van der Waals surface area contributed by atoms with Gasteiger partial charge in [-0.3, -0.25) is 9.78 Å². The number of hydrogen-bond donors (Lipinski definition) is 0. The molecule has 2 aliphatic heterocycles. The fraction of sp³-hybridized carbons (Fsp3) is 0.421. The third-order valence-corrected chi connectivity index (χ3v) is 4.49. The average molecular weight is 355 g/mol. The van der Waals surface area contributed by atoms with Crippen LogP contribution in [0.15, 0.2) is 36.7 Å². The van der Waals surface area contributed by atoms with E-state index in [1.807, 2.05) is 24.3 Å². The van der Waals surface area contributed by atoms with Crippen molar-refractivity contribution >= 4 is 5.91 Å². The molecule has 4 rings (SSSR count). The molecule has 1 unspecified atom stereocenters. The van der Waals surface area contributed by atoms with Crippen LogP contribution in [0.1, 0.15) is 22.6 Å². The number of aromatic nitrogens is 2. The average Bonchev–Trinajstić information content (AvgIpc) is 2.72. The van der Waals surface area contributed by atoms with Crippen LogP contribution in [0.5, 0.6) is 11.5 Å². The molecule has 0 radical (unpaired) electrons. The summed E-state index contributed by atoms with van der Waals surface area (Å²) in [4.78, 5) is 22.9. The summed E-state index contributed by atoms with van der Waals surface area (Å²) in [5, 5.41) is 0. The summed E-state index contributed by atoms with van der Waals surface area (Å²) in [5.74, 6) is 1.46. The van der Waals surface area contributed by atoms with E-state index in [-0.39, 0.29) is 12.0 Å². The zero-order valence-corrected chi connectivity index (χ0v) is 14.5. The van der Waals surface area contributed by atoms with Crippen molar-refractivity contribution in [3.63, 3.8) is 0 Å². The summed E-state index contributed by atoms with van der Waals surface area (Å²) >= 11 is 0. The van der Waals surface area contributed by atoms with Crippen molar-refractivity contribution in [3.05, 3.63) is 48.0 Å². The molecule has 7 nitrogen and oxygen atoms in total. The van der Waals surface area contributed by atoms with E-state index in [2.05, 4.69) is 9.97 Å². The Morgan fingerprint density at radius 1 is 1.15 bits per heavy atom. The first-order chi connectivity index (χ1) is 12.8. The second-order valence-electron chi connectivity index (χ2n) is 6.34. The smallest absolute Gasteiger partial charge is 0.274 e. The van der Waals surface area contributed by atoms with Crippen LogP contribution in [0.25, 0.3) is 0 Å². The summed E-state index contributed by atoms with van der Waals surface area (Å²) in [6.45, 7) is 2.84. The van der Waals surface area contributed by atoms with Crippen molar-refractivity contribution in [1.82, 2.24) is 14.9 Å². The van der Waals surface area contributed by atoms with Crippen LogP contribution in [0.2, 0.25) is 0 Å². The molecule has 0 saturated carbocycles. The van der Waals surface area contributed by atoms with E-state index in [0.717, 1.165) is 23.6 Å². The van der Waals surface area contributed by atoms with E-state index in [1.54, 1.807) is 11.1 Å². The predicted molar refractivity (Wildman–Crippen MR) is 93.4 cm³/mol. The van der Waals surface area contributed by atoms with Crippen molar-refractivity contribution in [2.45, 2.75) is 18.9 Å². The number of fused-ring (bicyclic) bond motifs is 1. The van der Waals surface area contributed by atoms with E-state index in [0.29, 0.717) is 45.0 Å². The Kier molecular flexibility index (Phi) is 4.97. The molecule has 26 heavy (non-hydrogen) atoms. The molecule has 136 valence electrons. The van der Waals surface area contributed by atoms with Crippen molar-refractivity contribution in [2.75, 3.05) is 32.9 Å². The molecule has 1 saturated heterocycles. The van der Waals surface area contributed by atoms with Gasteiger partial charge in [0.1, 0.15) is 18.4 Å². The number of amides is 1. The maximum atomic E-state index is 12.5. The lowest BCUT2D eigenvalue weighted by molar-refractivity contribution is 0.0298. The molecule has 1 fully saturated rings. The molecular formula is C19H21N3O4. The third kappa shape index (κ3) is 3.77. The van der Waals surface area contributed by atoms with Crippen LogP contribution < -0.4 is 9.47 Å². The number of carbonyl (C=O) groups is 1. The van der Waals surface area contributed by atoms with E-state index >= 15 is 0 Å². The fourth-order valence-corrected chi connectivity index (χ4v) is 3.07. The molecule has 3 heterocycles. The van der Waals surface area contributed by atoms with Crippen LogP contribution >= 0.6 is 0 Å². The number of aryl methyl sites for hydroxylation is 1. The number of morpholine rings is 1. The van der Waals surface area contributed by atoms with Crippen molar-refractivity contribution in [2.24, 2.45) is 0 Å². The summed E-state index contributed by atoms with van der Waals surface area (Å²) in [7, 11) is 0. The molecule has 1 aromatic carbocycles. The highest BCUT2D eigenvalue weighted by Gasteiger charge is 2.22. The number of carbonyl (C=O) groups excluding carboxylic acids is 1. The first-order valence-electron chi connectivity index (χ1n) is 8.86. The van der Waals surface area contributed by atoms with E-state index < -0.39 is 0 Å². The van der Waals surface area contributed by atoms with E-state index in [4.69, 9.17) is 14.2 Å². The second-order valence-corrected chi connectivity index (χ2v) is 6.34. The van der Waals surface area contributed by atoms with E-state index in [9.17, 15) is 4.79 Å². The van der Waals surface area contributed by atoms with Crippen LogP contribution in [0.4, 0.5) is 0 Å². The van der Waals surface area contributed by atoms with Crippen LogP contribution in [0.3, 0.4) is 0 Å². The van der Waals surface area contributed by atoms with Gasteiger partial charge in [-0.2, -0.15) is 0 Å². The predicted octanol–water partition coefficient (Wildman–Crippen LogP) is 1.72. The first-order valence-corrected chi connectivity index (χ1v) is 8.86. The Morgan fingerprint density at radius 3 is 2.81 bits per heavy atom. The molecule has 0 bridgehead atoms. The molecule has 2 aromatic rings. The van der Waals surface area contributed by atoms with Crippen LogP contribution in [-0.2, 0) is 11.2 Å². The Hall–Kier alpha value is -2.67. The highest BCUT2D eigenvalue weighted by Crippen LogP contribution is 2.31. The number of para-hydroxylation sites is 2. The summed E-state index contributed by atoms with van der Waals surface area (Å²) < 4.78 is 17.0. The van der Waals surface area contributed by atoms with Gasteiger partial charge in [-0.15, -0.1) is 0 Å². The molecule has 0 aliphatic carbocycles. The minimum atomic E-state index is -0.0890. The fourth-order valence-electron chi connectivity index (χ4n) is 3.07. The lowest BCUT2D eigenvalue weighted by atomic mass is 10.1. The highest BCUT2D eigenvalue weighted by atomic mass is 16.6. The number of benzene rings is 1. The Labute approximate surface area is 151 Å². The number of ether oxygens (including phenoxy) is 3. The summed E-state index contributed by atoms with van der Waals surface area (Å²) in [6, 6.07) is 7.66. The lowest BCUT2D eigenvalue weighted by Crippen LogP contribution is -2.41. The summed E-state index contributed by atoms with van der Waals surface area (Å²) in [5.41, 5.74) is 1.17. The lowest BCUT2D eigenvalue weighted by Gasteiger charge is -2.27. The minimum absolute atomic E-state index is 0.0368. The molecule has 1 atom stereocenters. The molecule has 7 heteroatoms. The quantitative estimate of drug-likeness (QED) is 0.831. The number of nitrogens with zero attached hydrogens (tertiary/aromatic N) is 3. The Balaban J connectivity index is 1.36. The standard InChI is InChI=1S/C19H21N3O4/c23-19(22-7-9-24-10-8-22)16-12-20-11-14(21-16)5-6-15-13-25-17-3-1-2-4-18(17)26-15/h1-4,11-12,15H,5-10,13H2. The van der Waals surface area contributed by atoms with Gasteiger partial charge in [0.05, 0.1) is 25.1 Å². The van der Waals surface area contributed by atoms with Gasteiger partial charge in [-0.1, -0.05) is 12.1 Å². The zero-order valence-electron chi connectivity index (χ0n) is 14.5. The van der Waals surface area contributed by atoms with E-state index in [1.165, 1.54) is 6.20 Å². The monoisotopic (exact) mass is 355 g/mol. The van der Waals surface area contributed by atoms with Gasteiger partial charge < -0.3 is 19.1 Å². The third-order valence-electron chi connectivity index (χ3n) is 4.49. The number of rotatable bonds is 4. The molecule has 1 aromatic heterocycles. The van der Waals surface area contributed by atoms with Gasteiger partial charge in [-0.05, 0) is 25.0 Å². The van der Waals surface area contributed by atoms with Crippen molar-refractivity contribution in [1.29, 1.82) is 0 Å². The topological polar surface area (TPSA) is 73.8 Å². The maximum absolute atomic E-state index is 12.5. The molecule has 1 amide bonds. The largest absolute Gasteiger partial charge is 0.486 e. The Bertz CT molecular complexity index is 777. The van der Waals surface area contributed by atoms with Crippen LogP contribution in [0, 0.1) is 0 Å².